The molecule has 1 amide bonds. The molecule has 1 aromatic rings. The summed E-state index contributed by atoms with van der Waals surface area (Å²) in [6.07, 6.45) is 3.72. The van der Waals surface area contributed by atoms with Crippen molar-refractivity contribution < 1.29 is 14.6 Å². The van der Waals surface area contributed by atoms with Crippen molar-refractivity contribution in [2.75, 3.05) is 33.3 Å². The molecule has 2 aliphatic heterocycles. The summed E-state index contributed by atoms with van der Waals surface area (Å²) in [6.45, 7) is 2.69. The SMILES string of the molecule is COc1cccc(C2CC(O)CN2CC(=O)N2CCCCC2)c1. The zero-order valence-electron chi connectivity index (χ0n) is 13.8. The normalized spacial score (nSPS) is 25.6. The molecular formula is C18H26N2O3. The Kier molecular flexibility index (Phi) is 5.18. The van der Waals surface area contributed by atoms with Crippen LogP contribution in [0.2, 0.25) is 0 Å². The largest absolute Gasteiger partial charge is 0.497 e. The third kappa shape index (κ3) is 3.85. The molecule has 126 valence electrons. The van der Waals surface area contributed by atoms with Crippen LogP contribution in [0.25, 0.3) is 0 Å². The van der Waals surface area contributed by atoms with Crippen molar-refractivity contribution in [2.45, 2.75) is 37.8 Å². The highest BCUT2D eigenvalue weighted by atomic mass is 16.5. The Bertz CT molecular complexity index is 543. The molecule has 2 unspecified atom stereocenters. The number of rotatable bonds is 4. The zero-order valence-corrected chi connectivity index (χ0v) is 13.8. The Labute approximate surface area is 137 Å². The molecule has 23 heavy (non-hydrogen) atoms. The Morgan fingerprint density at radius 1 is 1.30 bits per heavy atom. The van der Waals surface area contributed by atoms with Gasteiger partial charge in [0, 0.05) is 25.7 Å². The van der Waals surface area contributed by atoms with Gasteiger partial charge in [0.1, 0.15) is 5.75 Å². The first-order valence-electron chi connectivity index (χ1n) is 8.51. The maximum Gasteiger partial charge on any atom is 0.236 e. The summed E-state index contributed by atoms with van der Waals surface area (Å²) in [5.74, 6) is 0.998. The number of β-amino-alcohol motifs (C(OH)–C–C–N with tert-alkyl or cyclic N) is 1. The number of aliphatic hydroxyl groups is 1. The molecule has 0 aliphatic carbocycles. The first kappa shape index (κ1) is 16.3. The van der Waals surface area contributed by atoms with Gasteiger partial charge in [-0.15, -0.1) is 0 Å². The van der Waals surface area contributed by atoms with Gasteiger partial charge in [0.25, 0.3) is 0 Å². The highest BCUT2D eigenvalue weighted by Crippen LogP contribution is 2.33. The van der Waals surface area contributed by atoms with Crippen LogP contribution in [-0.2, 0) is 4.79 Å². The van der Waals surface area contributed by atoms with Crippen LogP contribution >= 0.6 is 0 Å². The van der Waals surface area contributed by atoms with Gasteiger partial charge in [-0.25, -0.2) is 0 Å². The minimum atomic E-state index is -0.375. The third-order valence-electron chi connectivity index (χ3n) is 4.91. The maximum atomic E-state index is 12.5. The summed E-state index contributed by atoms with van der Waals surface area (Å²) in [5.41, 5.74) is 1.10. The minimum absolute atomic E-state index is 0.0776. The number of carbonyl (C=O) groups is 1. The van der Waals surface area contributed by atoms with Gasteiger partial charge >= 0.3 is 0 Å². The molecule has 5 nitrogen and oxygen atoms in total. The molecule has 2 fully saturated rings. The van der Waals surface area contributed by atoms with Crippen molar-refractivity contribution in [2.24, 2.45) is 0 Å². The second kappa shape index (κ2) is 7.32. The van der Waals surface area contributed by atoms with Crippen LogP contribution in [0.15, 0.2) is 24.3 Å². The minimum Gasteiger partial charge on any atom is -0.497 e. The molecule has 1 aromatic carbocycles. The van der Waals surface area contributed by atoms with Crippen molar-refractivity contribution in [3.63, 3.8) is 0 Å². The highest BCUT2D eigenvalue weighted by molar-refractivity contribution is 5.78. The lowest BCUT2D eigenvalue weighted by molar-refractivity contribution is -0.133. The molecule has 3 rings (SSSR count). The van der Waals surface area contributed by atoms with E-state index in [0.717, 1.165) is 37.2 Å². The van der Waals surface area contributed by atoms with Gasteiger partial charge in [0.2, 0.25) is 5.91 Å². The summed E-state index contributed by atoms with van der Waals surface area (Å²) < 4.78 is 5.30. The number of ether oxygens (including phenoxy) is 1. The van der Waals surface area contributed by atoms with Crippen molar-refractivity contribution >= 4 is 5.91 Å². The zero-order chi connectivity index (χ0) is 16.2. The monoisotopic (exact) mass is 318 g/mol. The number of piperidine rings is 1. The molecule has 1 N–H and O–H groups in total. The number of likely N-dealkylation sites (tertiary alicyclic amines) is 2. The molecule has 0 radical (unpaired) electrons. The first-order chi connectivity index (χ1) is 11.2. The van der Waals surface area contributed by atoms with E-state index in [1.165, 1.54) is 6.42 Å². The van der Waals surface area contributed by atoms with Gasteiger partial charge in [0.05, 0.1) is 19.8 Å². The Morgan fingerprint density at radius 3 is 2.83 bits per heavy atom. The van der Waals surface area contributed by atoms with E-state index in [9.17, 15) is 9.90 Å². The van der Waals surface area contributed by atoms with Crippen molar-refractivity contribution in [3.8, 4) is 5.75 Å². The molecule has 2 atom stereocenters. The Hall–Kier alpha value is -1.59. The van der Waals surface area contributed by atoms with Crippen LogP contribution in [0.5, 0.6) is 5.75 Å². The van der Waals surface area contributed by atoms with Crippen molar-refractivity contribution in [1.82, 2.24) is 9.80 Å². The fourth-order valence-corrected chi connectivity index (χ4v) is 3.67. The average molecular weight is 318 g/mol. The van der Waals surface area contributed by atoms with Crippen LogP contribution in [0.3, 0.4) is 0 Å². The number of hydrogen-bond acceptors (Lipinski definition) is 4. The van der Waals surface area contributed by atoms with Gasteiger partial charge in [0.15, 0.2) is 0 Å². The lowest BCUT2D eigenvalue weighted by Crippen LogP contribution is -2.42. The topological polar surface area (TPSA) is 53.0 Å². The number of methoxy groups -OCH3 is 1. The maximum absolute atomic E-state index is 12.5. The van der Waals surface area contributed by atoms with E-state index in [1.54, 1.807) is 7.11 Å². The fourth-order valence-electron chi connectivity index (χ4n) is 3.67. The summed E-state index contributed by atoms with van der Waals surface area (Å²) >= 11 is 0. The summed E-state index contributed by atoms with van der Waals surface area (Å²) in [4.78, 5) is 16.6. The van der Waals surface area contributed by atoms with Gasteiger partial charge in [-0.3, -0.25) is 9.69 Å². The van der Waals surface area contributed by atoms with Crippen LogP contribution in [0.4, 0.5) is 0 Å². The molecular weight excluding hydrogens is 292 g/mol. The van der Waals surface area contributed by atoms with E-state index in [4.69, 9.17) is 4.74 Å². The van der Waals surface area contributed by atoms with Crippen LogP contribution in [0, 0.1) is 0 Å². The van der Waals surface area contributed by atoms with Gasteiger partial charge in [-0.1, -0.05) is 12.1 Å². The third-order valence-corrected chi connectivity index (χ3v) is 4.91. The molecule has 0 spiro atoms. The fraction of sp³-hybridized carbons (Fsp3) is 0.611. The summed E-state index contributed by atoms with van der Waals surface area (Å²) in [7, 11) is 1.65. The standard InChI is InChI=1S/C18H26N2O3/c1-23-16-7-5-6-14(10-16)17-11-15(21)12-20(17)13-18(22)19-8-3-2-4-9-19/h5-7,10,15,17,21H,2-4,8-9,11-13H2,1H3. The van der Waals surface area contributed by atoms with Crippen LogP contribution < -0.4 is 4.74 Å². The molecule has 5 heteroatoms. The molecule has 2 aliphatic rings. The summed E-state index contributed by atoms with van der Waals surface area (Å²) in [5, 5.41) is 10.1. The average Bonchev–Trinajstić information content (AvgIpc) is 2.96. The lowest BCUT2D eigenvalue weighted by Gasteiger charge is -2.30. The Balaban J connectivity index is 1.70. The van der Waals surface area contributed by atoms with Crippen molar-refractivity contribution in [3.05, 3.63) is 29.8 Å². The van der Waals surface area contributed by atoms with Gasteiger partial charge < -0.3 is 14.7 Å². The summed E-state index contributed by atoms with van der Waals surface area (Å²) in [6, 6.07) is 8.00. The highest BCUT2D eigenvalue weighted by Gasteiger charge is 2.34. The van der Waals surface area contributed by atoms with E-state index in [0.29, 0.717) is 19.5 Å². The number of benzene rings is 1. The van der Waals surface area contributed by atoms with Gasteiger partial charge in [-0.2, -0.15) is 0 Å². The van der Waals surface area contributed by atoms with E-state index in [2.05, 4.69) is 4.90 Å². The van der Waals surface area contributed by atoms with Crippen LogP contribution in [-0.4, -0.2) is 60.2 Å². The molecule has 0 saturated carbocycles. The second-order valence-corrected chi connectivity index (χ2v) is 6.55. The van der Waals surface area contributed by atoms with Gasteiger partial charge in [-0.05, 0) is 43.4 Å². The lowest BCUT2D eigenvalue weighted by atomic mass is 10.0. The van der Waals surface area contributed by atoms with E-state index >= 15 is 0 Å². The van der Waals surface area contributed by atoms with E-state index in [1.807, 2.05) is 29.2 Å². The number of hydrogen-bond donors (Lipinski definition) is 1. The number of carbonyl (C=O) groups excluding carboxylic acids is 1. The quantitative estimate of drug-likeness (QED) is 0.920. The molecule has 2 heterocycles. The number of amides is 1. The van der Waals surface area contributed by atoms with E-state index < -0.39 is 0 Å². The Morgan fingerprint density at radius 2 is 2.09 bits per heavy atom. The second-order valence-electron chi connectivity index (χ2n) is 6.55. The molecule has 0 aromatic heterocycles. The van der Waals surface area contributed by atoms with E-state index in [-0.39, 0.29) is 18.1 Å². The smallest absolute Gasteiger partial charge is 0.236 e. The molecule has 2 saturated heterocycles. The van der Waals surface area contributed by atoms with Crippen molar-refractivity contribution in [1.29, 1.82) is 0 Å². The predicted molar refractivity (Wildman–Crippen MR) is 88.4 cm³/mol. The predicted octanol–water partition coefficient (Wildman–Crippen LogP) is 1.82. The van der Waals surface area contributed by atoms with Crippen LogP contribution in [0.1, 0.15) is 37.3 Å². The number of aliphatic hydroxyl groups excluding tert-OH is 1. The number of nitrogens with zero attached hydrogens (tertiary/aromatic N) is 2. The molecule has 0 bridgehead atoms. The first-order valence-corrected chi connectivity index (χ1v) is 8.51.